The lowest BCUT2D eigenvalue weighted by Crippen LogP contribution is -2.33. The third-order valence-electron chi connectivity index (χ3n) is 6.51. The Labute approximate surface area is 202 Å². The predicted molar refractivity (Wildman–Crippen MR) is 123 cm³/mol. The molecule has 2 fully saturated rings. The maximum absolute atomic E-state index is 12.9. The molecule has 2 saturated heterocycles. The highest BCUT2D eigenvalue weighted by Gasteiger charge is 2.42. The van der Waals surface area contributed by atoms with Crippen LogP contribution in [0.1, 0.15) is 22.3 Å². The predicted octanol–water partition coefficient (Wildman–Crippen LogP) is 3.38. The van der Waals surface area contributed by atoms with Crippen molar-refractivity contribution in [3.63, 3.8) is 0 Å². The van der Waals surface area contributed by atoms with E-state index < -0.39 is 16.4 Å². The third kappa shape index (κ3) is 6.15. The van der Waals surface area contributed by atoms with Crippen LogP contribution >= 0.6 is 0 Å². The van der Waals surface area contributed by atoms with Gasteiger partial charge < -0.3 is 14.5 Å². The maximum Gasteiger partial charge on any atom is 0.573 e. The summed E-state index contributed by atoms with van der Waals surface area (Å²) >= 11 is 0. The van der Waals surface area contributed by atoms with Gasteiger partial charge in [-0.1, -0.05) is 18.7 Å². The van der Waals surface area contributed by atoms with Crippen LogP contribution < -0.4 is 9.88 Å². The van der Waals surface area contributed by atoms with Crippen molar-refractivity contribution in [2.45, 2.75) is 24.1 Å². The number of allylic oxidation sites excluding steroid dienone is 1. The van der Waals surface area contributed by atoms with Crippen LogP contribution in [0.5, 0.6) is 5.75 Å². The van der Waals surface area contributed by atoms with Crippen LogP contribution in [0.15, 0.2) is 65.7 Å². The number of nitrogens with zero attached hydrogens (tertiary/aromatic N) is 2. The number of fused-ring (bicyclic) bond motifs is 1. The second-order valence-electron chi connectivity index (χ2n) is 8.96. The highest BCUT2D eigenvalue weighted by molar-refractivity contribution is 7.89. The van der Waals surface area contributed by atoms with Crippen molar-refractivity contribution in [2.24, 2.45) is 17.0 Å². The average molecular weight is 510 g/mol. The van der Waals surface area contributed by atoms with Crippen LogP contribution in [-0.2, 0) is 16.4 Å². The van der Waals surface area contributed by atoms with Crippen molar-refractivity contribution in [2.75, 3.05) is 26.2 Å². The molecule has 0 aliphatic carbocycles. The van der Waals surface area contributed by atoms with Gasteiger partial charge in [-0.15, -0.1) is 13.2 Å². The quantitative estimate of drug-likeness (QED) is 0.618. The van der Waals surface area contributed by atoms with E-state index in [4.69, 9.17) is 5.14 Å². The molecule has 4 rings (SSSR count). The number of ether oxygens (including phenoxy) is 1. The fourth-order valence-electron chi connectivity index (χ4n) is 4.69. The zero-order chi connectivity index (χ0) is 25.4. The molecule has 2 aliphatic rings. The Balaban J connectivity index is 1.26. The van der Waals surface area contributed by atoms with Gasteiger partial charge in [-0.3, -0.25) is 4.79 Å². The second-order valence-corrected chi connectivity index (χ2v) is 10.5. The molecule has 0 bridgehead atoms. The standard InChI is InChI=1S/C24H26F3N3O4S/c1-16(2-3-17-4-8-21(9-5-17)34-24(25,26)27)29-12-19-14-30(15-20(19)13-29)23(31)18-6-10-22(11-7-18)35(28,32)33/h4-11,19-20H,1-3,12-15H2,(H2,28,32,33)/t19-,20-/m1/s1. The molecule has 0 radical (unpaired) electrons. The van der Waals surface area contributed by atoms with Gasteiger partial charge in [-0.25, -0.2) is 13.6 Å². The molecule has 35 heavy (non-hydrogen) atoms. The largest absolute Gasteiger partial charge is 0.573 e. The van der Waals surface area contributed by atoms with E-state index in [-0.39, 0.29) is 16.6 Å². The van der Waals surface area contributed by atoms with Gasteiger partial charge >= 0.3 is 6.36 Å². The van der Waals surface area contributed by atoms with Crippen LogP contribution in [0.2, 0.25) is 0 Å². The first-order valence-electron chi connectivity index (χ1n) is 11.1. The molecule has 2 aliphatic heterocycles. The Morgan fingerprint density at radius 1 is 0.971 bits per heavy atom. The van der Waals surface area contributed by atoms with Crippen LogP contribution in [-0.4, -0.2) is 56.7 Å². The number of alkyl halides is 3. The first kappa shape index (κ1) is 25.1. The maximum atomic E-state index is 12.9. The Morgan fingerprint density at radius 2 is 1.51 bits per heavy atom. The molecule has 7 nitrogen and oxygen atoms in total. The zero-order valence-electron chi connectivity index (χ0n) is 18.9. The smallest absolute Gasteiger partial charge is 0.406 e. The van der Waals surface area contributed by atoms with Gasteiger partial charge in [-0.2, -0.15) is 0 Å². The lowest BCUT2D eigenvalue weighted by atomic mass is 10.0. The van der Waals surface area contributed by atoms with Gasteiger partial charge in [0, 0.05) is 49.3 Å². The summed E-state index contributed by atoms with van der Waals surface area (Å²) in [5, 5.41) is 5.11. The van der Waals surface area contributed by atoms with Crippen LogP contribution in [0, 0.1) is 11.8 Å². The Morgan fingerprint density at radius 3 is 2.03 bits per heavy atom. The van der Waals surface area contributed by atoms with Crippen molar-refractivity contribution in [1.29, 1.82) is 0 Å². The van der Waals surface area contributed by atoms with Crippen molar-refractivity contribution in [3.05, 3.63) is 71.9 Å². The van der Waals surface area contributed by atoms with E-state index in [0.29, 0.717) is 43.3 Å². The number of halogens is 3. The zero-order valence-corrected chi connectivity index (χ0v) is 19.7. The second kappa shape index (κ2) is 9.54. The molecule has 2 atom stereocenters. The lowest BCUT2D eigenvalue weighted by Gasteiger charge is -2.25. The van der Waals surface area contributed by atoms with E-state index in [1.54, 1.807) is 17.0 Å². The molecule has 2 aromatic rings. The molecule has 2 heterocycles. The number of rotatable bonds is 7. The monoisotopic (exact) mass is 509 g/mol. The van der Waals surface area contributed by atoms with Crippen molar-refractivity contribution in [1.82, 2.24) is 9.80 Å². The van der Waals surface area contributed by atoms with Crippen molar-refractivity contribution in [3.8, 4) is 5.75 Å². The van der Waals surface area contributed by atoms with Gasteiger partial charge in [0.1, 0.15) is 5.75 Å². The molecule has 2 N–H and O–H groups in total. The molecule has 0 aromatic heterocycles. The SMILES string of the molecule is C=C(CCc1ccc(OC(F)(F)F)cc1)N1C[C@@H]2CN(C(=O)c3ccc(S(N)(=O)=O)cc3)C[C@H]2C1. The molecule has 1 amide bonds. The summed E-state index contributed by atoms with van der Waals surface area (Å²) in [6.07, 6.45) is -3.38. The number of carbonyl (C=O) groups is 1. The normalized spacial score (nSPS) is 20.1. The molecule has 0 unspecified atom stereocenters. The molecule has 11 heteroatoms. The minimum absolute atomic E-state index is 0.0351. The summed E-state index contributed by atoms with van der Waals surface area (Å²) in [6.45, 7) is 6.99. The lowest BCUT2D eigenvalue weighted by molar-refractivity contribution is -0.274. The number of sulfonamides is 1. The number of likely N-dealkylation sites (tertiary alicyclic amines) is 2. The fourth-order valence-corrected chi connectivity index (χ4v) is 5.21. The number of hydrogen-bond acceptors (Lipinski definition) is 5. The van der Waals surface area contributed by atoms with Gasteiger partial charge in [0.05, 0.1) is 4.90 Å². The number of hydrogen-bond donors (Lipinski definition) is 1. The van der Waals surface area contributed by atoms with E-state index in [1.165, 1.54) is 36.4 Å². The Kier molecular flexibility index (Phi) is 6.83. The number of primary sulfonamides is 1. The first-order valence-corrected chi connectivity index (χ1v) is 12.6. The van der Waals surface area contributed by atoms with Crippen molar-refractivity contribution < 1.29 is 31.1 Å². The molecular weight excluding hydrogens is 483 g/mol. The van der Waals surface area contributed by atoms with E-state index in [2.05, 4.69) is 16.2 Å². The summed E-state index contributed by atoms with van der Waals surface area (Å²) in [4.78, 5) is 16.8. The molecular formula is C24H26F3N3O4S. The number of benzene rings is 2. The summed E-state index contributed by atoms with van der Waals surface area (Å²) in [6, 6.07) is 11.5. The van der Waals surface area contributed by atoms with Crippen LogP contribution in [0.4, 0.5) is 13.2 Å². The molecule has 188 valence electrons. The fraction of sp³-hybridized carbons (Fsp3) is 0.375. The van der Waals surface area contributed by atoms with Crippen LogP contribution in [0.25, 0.3) is 0 Å². The van der Waals surface area contributed by atoms with Gasteiger partial charge in [0.15, 0.2) is 0 Å². The number of nitrogens with two attached hydrogens (primary N) is 1. The topological polar surface area (TPSA) is 92.9 Å². The Hall–Kier alpha value is -3.05. The van der Waals surface area contributed by atoms with E-state index in [9.17, 15) is 26.4 Å². The van der Waals surface area contributed by atoms with E-state index >= 15 is 0 Å². The number of amides is 1. The third-order valence-corrected chi connectivity index (χ3v) is 7.44. The van der Waals surface area contributed by atoms with Gasteiger partial charge in [-0.05, 0) is 54.8 Å². The first-order chi connectivity index (χ1) is 16.4. The highest BCUT2D eigenvalue weighted by atomic mass is 32.2. The number of aryl methyl sites for hydroxylation is 1. The molecule has 0 spiro atoms. The number of carbonyl (C=O) groups excluding carboxylic acids is 1. The summed E-state index contributed by atoms with van der Waals surface area (Å²) in [5.41, 5.74) is 2.28. The van der Waals surface area contributed by atoms with E-state index in [1.807, 2.05) is 0 Å². The van der Waals surface area contributed by atoms with Gasteiger partial charge in [0.25, 0.3) is 5.91 Å². The van der Waals surface area contributed by atoms with E-state index in [0.717, 1.165) is 24.4 Å². The highest BCUT2D eigenvalue weighted by Crippen LogP contribution is 2.34. The van der Waals surface area contributed by atoms with Crippen LogP contribution in [0.3, 0.4) is 0 Å². The Bertz CT molecular complexity index is 1180. The average Bonchev–Trinajstić information content (AvgIpc) is 3.36. The summed E-state index contributed by atoms with van der Waals surface area (Å²) in [7, 11) is -3.81. The van der Waals surface area contributed by atoms with Crippen molar-refractivity contribution >= 4 is 15.9 Å². The summed E-state index contributed by atoms with van der Waals surface area (Å²) < 4.78 is 63.6. The summed E-state index contributed by atoms with van der Waals surface area (Å²) in [5.74, 6) is 0.256. The minimum Gasteiger partial charge on any atom is -0.406 e. The van der Waals surface area contributed by atoms with Gasteiger partial charge in [0.2, 0.25) is 10.0 Å². The molecule has 2 aromatic carbocycles. The molecule has 0 saturated carbocycles. The minimum atomic E-state index is -4.71.